The Kier molecular flexibility index (Phi) is 63.6. The van der Waals surface area contributed by atoms with E-state index < -0.39 is 23.9 Å². The summed E-state index contributed by atoms with van der Waals surface area (Å²) >= 11 is 0. The van der Waals surface area contributed by atoms with E-state index in [1.165, 1.54) is 0 Å². The molecule has 0 amide bonds. The van der Waals surface area contributed by atoms with Crippen LogP contribution in [0.5, 0.6) is 0 Å². The van der Waals surface area contributed by atoms with Crippen LogP contribution in [0, 0.1) is 0 Å². The summed E-state index contributed by atoms with van der Waals surface area (Å²) in [4.78, 5) is 36.0. The number of carboxylic acids is 4. The molecule has 123 valence electrons. The number of nitrogens with two attached hydrogens (primary N) is 2. The van der Waals surface area contributed by atoms with Crippen LogP contribution < -0.4 is 11.5 Å². The number of hydrogen-bond donors (Lipinski definition) is 6. The van der Waals surface area contributed by atoms with E-state index >= 15 is 0 Å². The van der Waals surface area contributed by atoms with Crippen LogP contribution >= 0.6 is 0 Å². The summed E-state index contributed by atoms with van der Waals surface area (Å²) in [5.41, 5.74) is 9.81. The van der Waals surface area contributed by atoms with Crippen molar-refractivity contribution in [2.75, 3.05) is 13.1 Å². The molecule has 0 aliphatic heterocycles. The topological polar surface area (TPSA) is 201 Å². The summed E-state index contributed by atoms with van der Waals surface area (Å²) in [6.07, 6.45) is 0. The summed E-state index contributed by atoms with van der Waals surface area (Å²) in [7, 11) is 0. The van der Waals surface area contributed by atoms with Crippen LogP contribution in [0.25, 0.3) is 0 Å². The number of aliphatic carboxylic acids is 4. The van der Waals surface area contributed by atoms with E-state index in [2.05, 4.69) is 0 Å². The minimum atomic E-state index is -0.833. The molecule has 0 spiro atoms. The van der Waals surface area contributed by atoms with Crippen LogP contribution in [-0.4, -0.2) is 87.0 Å². The molecule has 0 atom stereocenters. The molecule has 0 aromatic rings. The Hall–Kier alpha value is -1.20. The van der Waals surface area contributed by atoms with Crippen LogP contribution in [0.3, 0.4) is 0 Å². The number of carboxylic acid groups (broad SMARTS) is 4. The third-order valence-corrected chi connectivity index (χ3v) is 0.167. The molecule has 0 fully saturated rings. The van der Waals surface area contributed by atoms with Gasteiger partial charge >= 0.3 is 0 Å². The summed E-state index contributed by atoms with van der Waals surface area (Å²) in [6.45, 7) is 5.53. The molecule has 1 radical (unpaired) electrons. The molecule has 0 rings (SSSR count). The van der Waals surface area contributed by atoms with Gasteiger partial charge in [-0.1, -0.05) is 0 Å². The smallest absolute Gasteiger partial charge is 0.300 e. The second kappa shape index (κ2) is 36.4. The molecule has 0 heterocycles. The average Bonchev–Trinajstić information content (AvgIpc) is 2.13. The zero-order chi connectivity index (χ0) is 17.7. The van der Waals surface area contributed by atoms with Crippen LogP contribution in [0.4, 0.5) is 0 Å². The molecule has 0 bridgehead atoms. The number of rotatable bonds is 1. The molecule has 21 heavy (non-hydrogen) atoms. The Balaban J connectivity index is -0.0000000331. The second-order valence-electron chi connectivity index (χ2n) is 2.65. The van der Waals surface area contributed by atoms with Crippen molar-refractivity contribution in [3.05, 3.63) is 0 Å². The molecule has 0 unspecified atom stereocenters. The molecule has 11 heteroatoms. The maximum atomic E-state index is 9.00. The van der Waals surface area contributed by atoms with Gasteiger partial charge in [0.15, 0.2) is 0 Å². The van der Waals surface area contributed by atoms with Gasteiger partial charge in [-0.05, 0) is 0 Å². The first-order valence-electron chi connectivity index (χ1n) is 5.03. The number of hydrogen-bond acceptors (Lipinski definition) is 6. The summed E-state index contributed by atoms with van der Waals surface area (Å²) < 4.78 is 0. The zero-order valence-electron chi connectivity index (χ0n) is 13.0. The first-order valence-corrected chi connectivity index (χ1v) is 5.03. The van der Waals surface area contributed by atoms with E-state index in [0.717, 1.165) is 27.7 Å². The van der Waals surface area contributed by atoms with E-state index in [0.29, 0.717) is 13.1 Å². The molecule has 8 N–H and O–H groups in total. The predicted molar refractivity (Wildman–Crippen MR) is 77.1 cm³/mol. The van der Waals surface area contributed by atoms with Crippen molar-refractivity contribution < 1.29 is 39.6 Å². The standard InChI is InChI=1S/C2H8N2.4C2H4O2.Na/c3-1-2-4;4*1-2(3)4;/h1-4H2;4*1H3,(H,3,4);. The molecule has 0 aliphatic rings. The van der Waals surface area contributed by atoms with Crippen molar-refractivity contribution in [1.82, 2.24) is 0 Å². The van der Waals surface area contributed by atoms with Gasteiger partial charge in [-0.15, -0.1) is 0 Å². The van der Waals surface area contributed by atoms with E-state index in [4.69, 9.17) is 51.1 Å². The van der Waals surface area contributed by atoms with Crippen LogP contribution in [-0.2, 0) is 19.2 Å². The van der Waals surface area contributed by atoms with Gasteiger partial charge in [-0.25, -0.2) is 0 Å². The third-order valence-electron chi connectivity index (χ3n) is 0.167. The van der Waals surface area contributed by atoms with Crippen LogP contribution in [0.1, 0.15) is 27.7 Å². The molecule has 10 nitrogen and oxygen atoms in total. The predicted octanol–water partition coefficient (Wildman–Crippen LogP) is -1.11. The maximum absolute atomic E-state index is 9.00. The van der Waals surface area contributed by atoms with E-state index in [1.807, 2.05) is 0 Å². The van der Waals surface area contributed by atoms with Gasteiger partial charge in [0.1, 0.15) is 0 Å². The minimum Gasteiger partial charge on any atom is -0.481 e. The maximum Gasteiger partial charge on any atom is 0.300 e. The van der Waals surface area contributed by atoms with Gasteiger partial charge in [-0.2, -0.15) is 0 Å². The molecule has 0 saturated heterocycles. The van der Waals surface area contributed by atoms with Crippen molar-refractivity contribution in [3.8, 4) is 0 Å². The second-order valence-corrected chi connectivity index (χ2v) is 2.65. The first kappa shape index (κ1) is 36.7. The number of carbonyl (C=O) groups is 4. The Morgan fingerprint density at radius 3 is 0.667 bits per heavy atom. The minimum absolute atomic E-state index is 0. The monoisotopic (exact) mass is 323 g/mol. The van der Waals surface area contributed by atoms with Gasteiger partial charge in [0.05, 0.1) is 0 Å². The Morgan fingerprint density at radius 1 is 0.619 bits per heavy atom. The van der Waals surface area contributed by atoms with Crippen LogP contribution in [0.2, 0.25) is 0 Å². The fourth-order valence-corrected chi connectivity index (χ4v) is 0. The normalized spacial score (nSPS) is 6.19. The first-order chi connectivity index (χ1) is 8.84. The van der Waals surface area contributed by atoms with E-state index in [-0.39, 0.29) is 29.6 Å². The average molecular weight is 323 g/mol. The van der Waals surface area contributed by atoms with Crippen molar-refractivity contribution in [3.63, 3.8) is 0 Å². The molecular weight excluding hydrogens is 299 g/mol. The molecular formula is C10H24N2NaO8. The Labute approximate surface area is 145 Å². The molecule has 0 saturated carbocycles. The SMILES string of the molecule is CC(=O)O.CC(=O)O.CC(=O)O.CC(=O)O.NCCN.[Na]. The molecule has 0 aromatic heterocycles. The van der Waals surface area contributed by atoms with Gasteiger partial charge in [0.2, 0.25) is 0 Å². The third kappa shape index (κ3) is 133000. The molecule has 0 aliphatic carbocycles. The van der Waals surface area contributed by atoms with Crippen molar-refractivity contribution in [2.45, 2.75) is 27.7 Å². The van der Waals surface area contributed by atoms with Crippen molar-refractivity contribution in [2.24, 2.45) is 11.5 Å². The zero-order valence-corrected chi connectivity index (χ0v) is 15.0. The van der Waals surface area contributed by atoms with Crippen LogP contribution in [0.15, 0.2) is 0 Å². The summed E-state index contributed by atoms with van der Waals surface area (Å²) in [6, 6.07) is 0. The van der Waals surface area contributed by atoms with E-state index in [9.17, 15) is 0 Å². The van der Waals surface area contributed by atoms with Gasteiger partial charge < -0.3 is 31.9 Å². The van der Waals surface area contributed by atoms with Gasteiger partial charge in [0, 0.05) is 70.3 Å². The van der Waals surface area contributed by atoms with Crippen molar-refractivity contribution >= 4 is 53.4 Å². The van der Waals surface area contributed by atoms with E-state index in [1.54, 1.807) is 0 Å². The Morgan fingerprint density at radius 2 is 0.667 bits per heavy atom. The Bertz CT molecular complexity index is 195. The fraction of sp³-hybridized carbons (Fsp3) is 0.600. The summed E-state index contributed by atoms with van der Waals surface area (Å²) in [5, 5.41) is 29.7. The molecule has 0 aromatic carbocycles. The van der Waals surface area contributed by atoms with Gasteiger partial charge in [0.25, 0.3) is 23.9 Å². The summed E-state index contributed by atoms with van der Waals surface area (Å²) in [5.74, 6) is -3.33. The van der Waals surface area contributed by atoms with Gasteiger partial charge in [-0.3, -0.25) is 19.2 Å². The largest absolute Gasteiger partial charge is 0.481 e. The fourth-order valence-electron chi connectivity index (χ4n) is 0. The quantitative estimate of drug-likeness (QED) is 0.321. The van der Waals surface area contributed by atoms with Crippen molar-refractivity contribution in [1.29, 1.82) is 0 Å².